The highest BCUT2D eigenvalue weighted by molar-refractivity contribution is 6.05. The van der Waals surface area contributed by atoms with Crippen LogP contribution in [0.15, 0.2) is 36.4 Å². The first kappa shape index (κ1) is 17.1. The molecule has 0 saturated carbocycles. The van der Waals surface area contributed by atoms with Crippen molar-refractivity contribution >= 4 is 23.2 Å². The number of nitrogens with zero attached hydrogens (tertiary/aromatic N) is 1. The van der Waals surface area contributed by atoms with Gasteiger partial charge in [0.2, 0.25) is 5.91 Å². The van der Waals surface area contributed by atoms with Crippen molar-refractivity contribution in [1.29, 1.82) is 0 Å². The molecule has 0 bridgehead atoms. The van der Waals surface area contributed by atoms with E-state index in [2.05, 4.69) is 5.32 Å². The van der Waals surface area contributed by atoms with E-state index in [4.69, 9.17) is 0 Å². The zero-order valence-corrected chi connectivity index (χ0v) is 13.8. The Balaban J connectivity index is 1.84. The van der Waals surface area contributed by atoms with E-state index in [-0.39, 0.29) is 11.5 Å². The summed E-state index contributed by atoms with van der Waals surface area (Å²) in [6.07, 6.45) is 2.33. The number of anilines is 2. The molecule has 0 atom stereocenters. The van der Waals surface area contributed by atoms with Crippen LogP contribution in [0, 0.1) is 18.6 Å². The van der Waals surface area contributed by atoms with E-state index in [1.54, 1.807) is 23.1 Å². The number of aryl methyl sites for hydroxylation is 1. The molecule has 1 aliphatic rings. The number of benzene rings is 2. The van der Waals surface area contributed by atoms with Crippen LogP contribution in [0.2, 0.25) is 0 Å². The number of piperidine rings is 1. The van der Waals surface area contributed by atoms with Crippen molar-refractivity contribution in [1.82, 2.24) is 0 Å². The molecular formula is C19H18F2N2O2. The van der Waals surface area contributed by atoms with Crippen LogP contribution in [0.1, 0.15) is 35.2 Å². The fraction of sp³-hybridized carbons (Fsp3) is 0.263. The molecule has 1 N–H and O–H groups in total. The minimum atomic E-state index is -0.920. The van der Waals surface area contributed by atoms with Gasteiger partial charge in [-0.3, -0.25) is 9.59 Å². The highest BCUT2D eigenvalue weighted by Gasteiger charge is 2.21. The van der Waals surface area contributed by atoms with E-state index in [9.17, 15) is 18.4 Å². The summed E-state index contributed by atoms with van der Waals surface area (Å²) in [6, 6.07) is 7.99. The zero-order chi connectivity index (χ0) is 18.0. The van der Waals surface area contributed by atoms with Gasteiger partial charge in [0.25, 0.3) is 5.91 Å². The molecule has 2 aromatic carbocycles. The monoisotopic (exact) mass is 344 g/mol. The number of hydrogen-bond donors (Lipinski definition) is 1. The lowest BCUT2D eigenvalue weighted by atomic mass is 10.1. The van der Waals surface area contributed by atoms with Crippen molar-refractivity contribution in [3.8, 4) is 0 Å². The molecule has 0 aliphatic carbocycles. The number of nitrogens with one attached hydrogen (secondary N) is 1. The van der Waals surface area contributed by atoms with Crippen LogP contribution in [0.5, 0.6) is 0 Å². The van der Waals surface area contributed by atoms with Crippen molar-refractivity contribution in [3.63, 3.8) is 0 Å². The van der Waals surface area contributed by atoms with Gasteiger partial charge in [0, 0.05) is 30.4 Å². The van der Waals surface area contributed by atoms with Crippen LogP contribution in [-0.2, 0) is 4.79 Å². The average Bonchev–Trinajstić information content (AvgIpc) is 2.57. The van der Waals surface area contributed by atoms with Gasteiger partial charge >= 0.3 is 0 Å². The Hall–Kier alpha value is -2.76. The summed E-state index contributed by atoms with van der Waals surface area (Å²) in [5.41, 5.74) is 1.87. The Kier molecular flexibility index (Phi) is 4.79. The largest absolute Gasteiger partial charge is 0.322 e. The van der Waals surface area contributed by atoms with Crippen LogP contribution in [0.3, 0.4) is 0 Å². The smallest absolute Gasteiger partial charge is 0.258 e. The first-order valence-corrected chi connectivity index (χ1v) is 8.13. The summed E-state index contributed by atoms with van der Waals surface area (Å²) in [5.74, 6) is -2.27. The van der Waals surface area contributed by atoms with Crippen molar-refractivity contribution in [3.05, 3.63) is 59.2 Å². The zero-order valence-electron chi connectivity index (χ0n) is 13.8. The first-order chi connectivity index (χ1) is 12.0. The third-order valence-electron chi connectivity index (χ3n) is 4.26. The maximum atomic E-state index is 13.7. The molecule has 6 heteroatoms. The van der Waals surface area contributed by atoms with Crippen LogP contribution in [-0.4, -0.2) is 18.4 Å². The van der Waals surface area contributed by atoms with E-state index in [0.29, 0.717) is 24.7 Å². The number of halogens is 2. The van der Waals surface area contributed by atoms with Gasteiger partial charge in [0.05, 0.1) is 5.56 Å². The van der Waals surface area contributed by atoms with Gasteiger partial charge < -0.3 is 10.2 Å². The number of amides is 2. The van der Waals surface area contributed by atoms with Crippen molar-refractivity contribution in [2.24, 2.45) is 0 Å². The van der Waals surface area contributed by atoms with E-state index >= 15 is 0 Å². The summed E-state index contributed by atoms with van der Waals surface area (Å²) in [4.78, 5) is 26.1. The lowest BCUT2D eigenvalue weighted by Crippen LogP contribution is -2.35. The average molecular weight is 344 g/mol. The van der Waals surface area contributed by atoms with Crippen LogP contribution in [0.4, 0.5) is 20.2 Å². The van der Waals surface area contributed by atoms with Crippen LogP contribution < -0.4 is 10.2 Å². The third kappa shape index (κ3) is 3.68. The predicted molar refractivity (Wildman–Crippen MR) is 91.7 cm³/mol. The molecule has 2 amide bonds. The standard InChI is InChI=1S/C19H18F2N2O2/c1-12-5-7-14(11-17(12)23-9-3-2-4-18(23)24)22-19(25)15-8-6-13(20)10-16(15)21/h5-8,10-11H,2-4,9H2,1H3,(H,22,25). The van der Waals surface area contributed by atoms with Gasteiger partial charge in [-0.2, -0.15) is 0 Å². The topological polar surface area (TPSA) is 49.4 Å². The lowest BCUT2D eigenvalue weighted by molar-refractivity contribution is -0.119. The summed E-state index contributed by atoms with van der Waals surface area (Å²) in [5, 5.41) is 2.60. The quantitative estimate of drug-likeness (QED) is 0.913. The minimum absolute atomic E-state index is 0.0578. The predicted octanol–water partition coefficient (Wildman–Crippen LogP) is 4.04. The minimum Gasteiger partial charge on any atom is -0.322 e. The van der Waals surface area contributed by atoms with E-state index < -0.39 is 17.5 Å². The Labute approximate surface area is 144 Å². The van der Waals surface area contributed by atoms with Crippen LogP contribution in [0.25, 0.3) is 0 Å². The molecular weight excluding hydrogens is 326 g/mol. The molecule has 130 valence electrons. The van der Waals surface area contributed by atoms with Gasteiger partial charge in [0.1, 0.15) is 11.6 Å². The van der Waals surface area contributed by atoms with Crippen molar-refractivity contribution in [2.75, 3.05) is 16.8 Å². The van der Waals surface area contributed by atoms with Gasteiger partial charge in [-0.05, 0) is 49.6 Å². The van der Waals surface area contributed by atoms with Gasteiger partial charge in [-0.15, -0.1) is 0 Å². The van der Waals surface area contributed by atoms with E-state index in [0.717, 1.165) is 36.2 Å². The Morgan fingerprint density at radius 3 is 2.64 bits per heavy atom. The Morgan fingerprint density at radius 2 is 1.92 bits per heavy atom. The Bertz CT molecular complexity index is 836. The molecule has 4 nitrogen and oxygen atoms in total. The highest BCUT2D eigenvalue weighted by atomic mass is 19.1. The molecule has 0 radical (unpaired) electrons. The summed E-state index contributed by atoms with van der Waals surface area (Å²) >= 11 is 0. The lowest BCUT2D eigenvalue weighted by Gasteiger charge is -2.28. The molecule has 0 spiro atoms. The molecule has 25 heavy (non-hydrogen) atoms. The fourth-order valence-electron chi connectivity index (χ4n) is 2.91. The summed E-state index contributed by atoms with van der Waals surface area (Å²) < 4.78 is 26.7. The molecule has 0 unspecified atom stereocenters. The Morgan fingerprint density at radius 1 is 1.12 bits per heavy atom. The maximum Gasteiger partial charge on any atom is 0.258 e. The molecule has 2 aromatic rings. The maximum absolute atomic E-state index is 13.7. The second-order valence-electron chi connectivity index (χ2n) is 6.08. The number of rotatable bonds is 3. The molecule has 0 aromatic heterocycles. The molecule has 1 saturated heterocycles. The summed E-state index contributed by atoms with van der Waals surface area (Å²) in [6.45, 7) is 2.53. The molecule has 1 heterocycles. The number of carbonyl (C=O) groups is 2. The van der Waals surface area contributed by atoms with Gasteiger partial charge in [-0.25, -0.2) is 8.78 Å². The van der Waals surface area contributed by atoms with Gasteiger partial charge in [-0.1, -0.05) is 6.07 Å². The molecule has 3 rings (SSSR count). The van der Waals surface area contributed by atoms with Crippen molar-refractivity contribution in [2.45, 2.75) is 26.2 Å². The third-order valence-corrected chi connectivity index (χ3v) is 4.26. The summed E-state index contributed by atoms with van der Waals surface area (Å²) in [7, 11) is 0. The van der Waals surface area contributed by atoms with Gasteiger partial charge in [0.15, 0.2) is 0 Å². The normalized spacial score (nSPS) is 14.5. The number of hydrogen-bond acceptors (Lipinski definition) is 2. The fourth-order valence-corrected chi connectivity index (χ4v) is 2.91. The SMILES string of the molecule is Cc1ccc(NC(=O)c2ccc(F)cc2F)cc1N1CCCCC1=O. The van der Waals surface area contributed by atoms with Crippen molar-refractivity contribution < 1.29 is 18.4 Å². The number of carbonyl (C=O) groups excluding carboxylic acids is 2. The first-order valence-electron chi connectivity index (χ1n) is 8.13. The van der Waals surface area contributed by atoms with E-state index in [1.165, 1.54) is 0 Å². The molecule has 1 fully saturated rings. The second-order valence-corrected chi connectivity index (χ2v) is 6.08. The molecule has 1 aliphatic heterocycles. The highest BCUT2D eigenvalue weighted by Crippen LogP contribution is 2.28. The second kappa shape index (κ2) is 7.01. The van der Waals surface area contributed by atoms with E-state index in [1.807, 2.05) is 6.92 Å². The van der Waals surface area contributed by atoms with Crippen LogP contribution >= 0.6 is 0 Å².